The fourth-order valence-corrected chi connectivity index (χ4v) is 5.93. The molecule has 1 aromatic carbocycles. The molecule has 16 heteroatoms. The summed E-state index contributed by atoms with van der Waals surface area (Å²) in [5.74, 6) is -5.34. The van der Waals surface area contributed by atoms with E-state index in [-0.39, 0.29) is 23.1 Å². The van der Waals surface area contributed by atoms with Crippen LogP contribution < -0.4 is 26.4 Å². The van der Waals surface area contributed by atoms with Gasteiger partial charge in [0.05, 0.1) is 6.54 Å². The molecule has 236 valence electrons. The second-order valence-corrected chi connectivity index (χ2v) is 11.9. The van der Waals surface area contributed by atoms with E-state index in [1.165, 1.54) is 23.7 Å². The molecule has 4 heterocycles. The fraction of sp³-hybridized carbons (Fsp3) is 0.519. The number of halogens is 6. The average molecular weight is 679 g/mol. The number of hydrogen-bond donors (Lipinski definition) is 3. The topological polar surface area (TPSA) is 114 Å². The first kappa shape index (κ1) is 32.7. The minimum absolute atomic E-state index is 0.122. The average Bonchev–Trinajstić information content (AvgIpc) is 3.58. The zero-order valence-electron chi connectivity index (χ0n) is 23.6. The van der Waals surface area contributed by atoms with E-state index in [9.17, 15) is 22.8 Å². The van der Waals surface area contributed by atoms with Crippen LogP contribution in [0.2, 0.25) is 0 Å². The Morgan fingerprint density at radius 1 is 1.09 bits per heavy atom. The number of allylic oxidation sites excluding steroid dienone is 1. The van der Waals surface area contributed by atoms with Crippen LogP contribution in [0.4, 0.5) is 33.5 Å². The number of carboxylic acid groups (broad SMARTS) is 1. The van der Waals surface area contributed by atoms with Gasteiger partial charge < -0.3 is 20.2 Å². The van der Waals surface area contributed by atoms with Crippen LogP contribution in [0, 0.1) is 5.92 Å². The smallest absolute Gasteiger partial charge is 0.475 e. The van der Waals surface area contributed by atoms with Crippen LogP contribution in [-0.4, -0.2) is 76.8 Å². The number of aromatic amines is 1. The van der Waals surface area contributed by atoms with E-state index in [4.69, 9.17) is 9.90 Å². The molecule has 3 aliphatic rings. The summed E-state index contributed by atoms with van der Waals surface area (Å²) in [4.78, 5) is 42.6. The van der Waals surface area contributed by atoms with E-state index in [0.29, 0.717) is 23.5 Å². The first-order valence-corrected chi connectivity index (χ1v) is 14.2. The normalized spacial score (nSPS) is 21.7. The SMILES string of the molecule is CC(C)=CCN1c2c(n(C)c(=O)[nH]c2=O)N(CC(F)(F)c2ccc(Br)cc2)C1N1C[C@@H]2CCN[C@@H]2C1.O=C(O)C(F)(F)F. The van der Waals surface area contributed by atoms with Crippen molar-refractivity contribution in [1.29, 1.82) is 0 Å². The molecule has 2 saturated heterocycles. The Hall–Kier alpha value is -3.24. The number of benzene rings is 1. The highest BCUT2D eigenvalue weighted by Crippen LogP contribution is 2.42. The van der Waals surface area contributed by atoms with Gasteiger partial charge in [-0.15, -0.1) is 0 Å². The van der Waals surface area contributed by atoms with Crippen LogP contribution in [0.15, 0.2) is 50.0 Å². The third-order valence-corrected chi connectivity index (χ3v) is 8.21. The summed E-state index contributed by atoms with van der Waals surface area (Å²) in [6, 6.07) is 6.27. The molecule has 1 aromatic heterocycles. The molecule has 43 heavy (non-hydrogen) atoms. The molecule has 0 saturated carbocycles. The highest BCUT2D eigenvalue weighted by atomic mass is 79.9. The van der Waals surface area contributed by atoms with E-state index in [1.807, 2.05) is 24.8 Å². The second-order valence-electron chi connectivity index (χ2n) is 11.0. The Kier molecular flexibility index (Phi) is 9.42. The lowest BCUT2D eigenvalue weighted by Crippen LogP contribution is -2.57. The Morgan fingerprint density at radius 3 is 2.28 bits per heavy atom. The molecule has 0 spiro atoms. The maximum Gasteiger partial charge on any atom is 0.490 e. The van der Waals surface area contributed by atoms with Gasteiger partial charge in [0.25, 0.3) is 11.5 Å². The number of likely N-dealkylation sites (tertiary alicyclic amines) is 1. The molecule has 3 N–H and O–H groups in total. The first-order valence-electron chi connectivity index (χ1n) is 13.4. The van der Waals surface area contributed by atoms with Crippen LogP contribution in [0.3, 0.4) is 0 Å². The standard InChI is InChI=1S/C25H31BrF2N6O2.C2HF3O2/c1-15(2)9-11-33-20-21(35)30-23(36)31(3)22(20)34(14-25(27,28)17-4-6-18(26)7-5-17)24(33)32-12-16-8-10-29-19(16)13-32;3-2(4,5)1(6)7/h4-7,9,16,19,24,29H,8,10-14H2,1-3H3,(H,30,35,36);(H,6,7)/t16-,19+,24?;/m0./s1. The number of hydrogen-bond acceptors (Lipinski definition) is 7. The number of carbonyl (C=O) groups is 1. The van der Waals surface area contributed by atoms with Gasteiger partial charge in [0.1, 0.15) is 11.5 Å². The molecule has 0 aliphatic carbocycles. The summed E-state index contributed by atoms with van der Waals surface area (Å²) in [6.07, 6.45) is -2.70. The molecule has 0 bridgehead atoms. The number of nitrogens with zero attached hydrogens (tertiary/aromatic N) is 4. The summed E-state index contributed by atoms with van der Waals surface area (Å²) < 4.78 is 65.3. The van der Waals surface area contributed by atoms with Crippen molar-refractivity contribution in [2.45, 2.75) is 44.7 Å². The zero-order valence-corrected chi connectivity index (χ0v) is 25.2. The Bertz CT molecular complexity index is 1480. The fourth-order valence-electron chi connectivity index (χ4n) is 5.66. The molecule has 0 amide bonds. The van der Waals surface area contributed by atoms with Gasteiger partial charge in [0.15, 0.2) is 6.29 Å². The number of aliphatic carboxylic acids is 1. The maximum atomic E-state index is 15.8. The Labute approximate surface area is 251 Å². The number of fused-ring (bicyclic) bond motifs is 2. The van der Waals surface area contributed by atoms with Crippen LogP contribution in [0.5, 0.6) is 0 Å². The number of alkyl halides is 5. The van der Waals surface area contributed by atoms with E-state index >= 15 is 8.78 Å². The van der Waals surface area contributed by atoms with Gasteiger partial charge in [0.2, 0.25) is 0 Å². The highest BCUT2D eigenvalue weighted by molar-refractivity contribution is 9.10. The third kappa shape index (κ3) is 6.96. The van der Waals surface area contributed by atoms with Crippen LogP contribution in [0.25, 0.3) is 0 Å². The molecule has 3 atom stereocenters. The molecule has 3 aliphatic heterocycles. The quantitative estimate of drug-likeness (QED) is 0.315. The highest BCUT2D eigenvalue weighted by Gasteiger charge is 2.50. The van der Waals surface area contributed by atoms with Crippen molar-refractivity contribution in [2.24, 2.45) is 13.0 Å². The van der Waals surface area contributed by atoms with Crippen molar-refractivity contribution in [3.8, 4) is 0 Å². The summed E-state index contributed by atoms with van der Waals surface area (Å²) in [7, 11) is 1.52. The van der Waals surface area contributed by atoms with Gasteiger partial charge in [-0.1, -0.05) is 39.7 Å². The summed E-state index contributed by atoms with van der Waals surface area (Å²) in [6.45, 7) is 5.97. The molecule has 2 aromatic rings. The molecule has 10 nitrogen and oxygen atoms in total. The van der Waals surface area contributed by atoms with Crippen molar-refractivity contribution < 1.29 is 31.9 Å². The van der Waals surface area contributed by atoms with E-state index in [2.05, 4.69) is 31.1 Å². The van der Waals surface area contributed by atoms with Crippen LogP contribution in [-0.2, 0) is 17.8 Å². The van der Waals surface area contributed by atoms with Gasteiger partial charge in [-0.3, -0.25) is 19.2 Å². The van der Waals surface area contributed by atoms with Gasteiger partial charge in [0, 0.05) is 42.8 Å². The second kappa shape index (κ2) is 12.4. The van der Waals surface area contributed by atoms with Crippen molar-refractivity contribution in [1.82, 2.24) is 19.8 Å². The molecule has 2 fully saturated rings. The van der Waals surface area contributed by atoms with Crippen LogP contribution in [0.1, 0.15) is 25.8 Å². The van der Waals surface area contributed by atoms with E-state index in [0.717, 1.165) is 25.1 Å². The summed E-state index contributed by atoms with van der Waals surface area (Å²) in [5, 5.41) is 10.6. The first-order chi connectivity index (χ1) is 20.0. The van der Waals surface area contributed by atoms with E-state index in [1.54, 1.807) is 17.0 Å². The molecular formula is C27H32BrF5N6O4. The van der Waals surface area contributed by atoms with Gasteiger partial charge >= 0.3 is 17.8 Å². The number of rotatable bonds is 6. The largest absolute Gasteiger partial charge is 0.490 e. The van der Waals surface area contributed by atoms with E-state index < -0.39 is 42.2 Å². The third-order valence-electron chi connectivity index (χ3n) is 7.68. The predicted octanol–water partition coefficient (Wildman–Crippen LogP) is 3.43. The number of carboxylic acids is 1. The zero-order chi connectivity index (χ0) is 31.9. The lowest BCUT2D eigenvalue weighted by atomic mass is 10.1. The van der Waals surface area contributed by atoms with Crippen molar-refractivity contribution >= 4 is 33.4 Å². The summed E-state index contributed by atoms with van der Waals surface area (Å²) >= 11 is 3.31. The molecule has 0 radical (unpaired) electrons. The maximum absolute atomic E-state index is 15.8. The van der Waals surface area contributed by atoms with Gasteiger partial charge in [-0.2, -0.15) is 22.0 Å². The Morgan fingerprint density at radius 2 is 1.72 bits per heavy atom. The number of aromatic nitrogens is 2. The van der Waals surface area contributed by atoms with Crippen LogP contribution >= 0.6 is 15.9 Å². The predicted molar refractivity (Wildman–Crippen MR) is 153 cm³/mol. The molecular weight excluding hydrogens is 647 g/mol. The number of H-pyrrole nitrogens is 1. The van der Waals surface area contributed by atoms with Gasteiger partial charge in [-0.25, -0.2) is 9.59 Å². The molecule has 5 rings (SSSR count). The van der Waals surface area contributed by atoms with Crippen molar-refractivity contribution in [3.05, 3.63) is 66.8 Å². The summed E-state index contributed by atoms with van der Waals surface area (Å²) in [5.41, 5.74) is -0.0133. The minimum Gasteiger partial charge on any atom is -0.475 e. The van der Waals surface area contributed by atoms with Crippen molar-refractivity contribution in [2.75, 3.05) is 42.5 Å². The monoisotopic (exact) mass is 678 g/mol. The number of nitrogens with one attached hydrogen (secondary N) is 2. The lowest BCUT2D eigenvalue weighted by Gasteiger charge is -2.40. The molecule has 1 unspecified atom stereocenters. The van der Waals surface area contributed by atoms with Crippen molar-refractivity contribution in [3.63, 3.8) is 0 Å². The lowest BCUT2D eigenvalue weighted by molar-refractivity contribution is -0.192. The Balaban J connectivity index is 0.000000541. The number of anilines is 2. The van der Waals surface area contributed by atoms with Gasteiger partial charge in [-0.05, 0) is 44.9 Å². The minimum atomic E-state index is -5.08.